The number of carboxylic acid groups (broad SMARTS) is 1. The lowest BCUT2D eigenvalue weighted by Gasteiger charge is -2.26. The van der Waals surface area contributed by atoms with E-state index in [4.69, 9.17) is 21.1 Å². The van der Waals surface area contributed by atoms with E-state index in [9.17, 15) is 14.7 Å². The van der Waals surface area contributed by atoms with Crippen molar-refractivity contribution in [3.63, 3.8) is 0 Å². The Morgan fingerprint density at radius 1 is 1.19 bits per heavy atom. The second kappa shape index (κ2) is 7.58. The van der Waals surface area contributed by atoms with Gasteiger partial charge in [0.05, 0.1) is 11.6 Å². The third kappa shape index (κ3) is 5.51. The first kappa shape index (κ1) is 21.4. The number of likely N-dealkylation sites (tertiary alicyclic amines) is 1. The minimum absolute atomic E-state index is 0.0442. The van der Waals surface area contributed by atoms with Gasteiger partial charge in [-0.15, -0.1) is 0 Å². The summed E-state index contributed by atoms with van der Waals surface area (Å²) < 4.78 is 11.2. The van der Waals surface area contributed by atoms with Gasteiger partial charge in [-0.1, -0.05) is 38.4 Å². The van der Waals surface area contributed by atoms with Crippen LogP contribution in [0, 0.1) is 0 Å². The van der Waals surface area contributed by atoms with Gasteiger partial charge >= 0.3 is 12.1 Å². The van der Waals surface area contributed by atoms with E-state index in [1.807, 2.05) is 12.1 Å². The fourth-order valence-electron chi connectivity index (χ4n) is 2.88. The number of aliphatic carboxylic acids is 1. The van der Waals surface area contributed by atoms with E-state index in [0.717, 1.165) is 5.56 Å². The molecule has 150 valence electrons. The Labute approximate surface area is 165 Å². The molecule has 0 unspecified atom stereocenters. The highest BCUT2D eigenvalue weighted by Gasteiger charge is 2.42. The molecule has 0 saturated carbocycles. The monoisotopic (exact) mass is 397 g/mol. The summed E-state index contributed by atoms with van der Waals surface area (Å²) >= 11 is 6.35. The van der Waals surface area contributed by atoms with Crippen molar-refractivity contribution in [1.82, 2.24) is 4.90 Å². The molecule has 2 rings (SSSR count). The van der Waals surface area contributed by atoms with Gasteiger partial charge in [0.25, 0.3) is 0 Å². The Morgan fingerprint density at radius 3 is 2.30 bits per heavy atom. The first-order valence-electron chi connectivity index (χ1n) is 8.97. The van der Waals surface area contributed by atoms with E-state index < -0.39 is 29.8 Å². The molecule has 27 heavy (non-hydrogen) atoms. The highest BCUT2D eigenvalue weighted by Crippen LogP contribution is 2.33. The van der Waals surface area contributed by atoms with E-state index in [0.29, 0.717) is 10.8 Å². The van der Waals surface area contributed by atoms with Crippen LogP contribution in [0.2, 0.25) is 5.02 Å². The number of nitrogens with zero attached hydrogens (tertiary/aromatic N) is 1. The van der Waals surface area contributed by atoms with Crippen LogP contribution in [-0.2, 0) is 14.9 Å². The zero-order valence-electron chi connectivity index (χ0n) is 16.7. The smallest absolute Gasteiger partial charge is 0.411 e. The van der Waals surface area contributed by atoms with Crippen molar-refractivity contribution in [3.8, 4) is 5.75 Å². The first-order chi connectivity index (χ1) is 12.3. The van der Waals surface area contributed by atoms with Crippen molar-refractivity contribution >= 4 is 23.7 Å². The summed E-state index contributed by atoms with van der Waals surface area (Å²) in [5.74, 6) is -0.606. The molecule has 1 fully saturated rings. The van der Waals surface area contributed by atoms with E-state index >= 15 is 0 Å². The molecule has 1 amide bonds. The van der Waals surface area contributed by atoms with Crippen LogP contribution >= 0.6 is 11.6 Å². The van der Waals surface area contributed by atoms with Crippen molar-refractivity contribution in [2.45, 2.75) is 71.1 Å². The molecule has 6 nitrogen and oxygen atoms in total. The number of amides is 1. The summed E-state index contributed by atoms with van der Waals surface area (Å²) in [5.41, 5.74) is 0.327. The van der Waals surface area contributed by atoms with Gasteiger partial charge in [-0.2, -0.15) is 0 Å². The molecule has 0 spiro atoms. The molecule has 1 N–H and O–H groups in total. The number of rotatable bonds is 3. The minimum atomic E-state index is -1.08. The molecule has 1 aliphatic rings. The summed E-state index contributed by atoms with van der Waals surface area (Å²) in [4.78, 5) is 25.1. The first-order valence-corrected chi connectivity index (χ1v) is 9.35. The number of carbonyl (C=O) groups excluding carboxylic acids is 1. The van der Waals surface area contributed by atoms with Gasteiger partial charge in [0, 0.05) is 6.42 Å². The summed E-state index contributed by atoms with van der Waals surface area (Å²) in [5, 5.41) is 9.93. The Morgan fingerprint density at radius 2 is 1.81 bits per heavy atom. The summed E-state index contributed by atoms with van der Waals surface area (Å²) in [7, 11) is 0. The van der Waals surface area contributed by atoms with Gasteiger partial charge in [0.15, 0.2) is 0 Å². The van der Waals surface area contributed by atoms with Gasteiger partial charge in [-0.3, -0.25) is 4.90 Å². The molecule has 1 aliphatic heterocycles. The molecule has 7 heteroatoms. The SMILES string of the molecule is CC(C)(C)OC(=O)N1C[C@H](Oc2ccc(C(C)(C)C)cc2Cl)C[C@H]1C(=O)O. The fourth-order valence-corrected chi connectivity index (χ4v) is 3.11. The molecule has 1 aromatic carbocycles. The van der Waals surface area contributed by atoms with Crippen LogP contribution in [0.1, 0.15) is 53.5 Å². The van der Waals surface area contributed by atoms with E-state index in [2.05, 4.69) is 20.8 Å². The van der Waals surface area contributed by atoms with Crippen LogP contribution in [0.25, 0.3) is 0 Å². The predicted molar refractivity (Wildman–Crippen MR) is 104 cm³/mol. The molecular weight excluding hydrogens is 370 g/mol. The highest BCUT2D eigenvalue weighted by molar-refractivity contribution is 6.32. The van der Waals surface area contributed by atoms with Crippen LogP contribution < -0.4 is 4.74 Å². The molecular formula is C20H28ClNO5. The topological polar surface area (TPSA) is 76.1 Å². The van der Waals surface area contributed by atoms with Gasteiger partial charge in [-0.05, 0) is 43.9 Å². The number of halogens is 1. The van der Waals surface area contributed by atoms with Crippen LogP contribution in [0.15, 0.2) is 18.2 Å². The molecule has 0 aliphatic carbocycles. The van der Waals surface area contributed by atoms with Gasteiger partial charge in [0.1, 0.15) is 23.5 Å². The van der Waals surface area contributed by atoms with Crippen molar-refractivity contribution in [2.75, 3.05) is 6.54 Å². The lowest BCUT2D eigenvalue weighted by molar-refractivity contribution is -0.142. The molecule has 0 bridgehead atoms. The minimum Gasteiger partial charge on any atom is -0.487 e. The second-order valence-corrected chi connectivity index (χ2v) is 9.26. The van der Waals surface area contributed by atoms with Crippen molar-refractivity contribution < 1.29 is 24.2 Å². The number of hydrogen-bond donors (Lipinski definition) is 1. The Balaban J connectivity index is 2.14. The van der Waals surface area contributed by atoms with Crippen molar-refractivity contribution in [3.05, 3.63) is 28.8 Å². The number of benzene rings is 1. The van der Waals surface area contributed by atoms with E-state index in [1.165, 1.54) is 4.90 Å². The maximum atomic E-state index is 12.4. The van der Waals surface area contributed by atoms with Crippen LogP contribution in [0.3, 0.4) is 0 Å². The quantitative estimate of drug-likeness (QED) is 0.813. The Kier molecular flexibility index (Phi) is 6.00. The highest BCUT2D eigenvalue weighted by atomic mass is 35.5. The molecule has 2 atom stereocenters. The van der Waals surface area contributed by atoms with Crippen LogP contribution in [0.5, 0.6) is 5.75 Å². The van der Waals surface area contributed by atoms with Gasteiger partial charge < -0.3 is 14.6 Å². The van der Waals surface area contributed by atoms with Gasteiger partial charge in [0.2, 0.25) is 0 Å². The molecule has 1 aromatic rings. The zero-order chi connectivity index (χ0) is 20.6. The number of hydrogen-bond acceptors (Lipinski definition) is 4. The molecule has 0 aromatic heterocycles. The Hall–Kier alpha value is -1.95. The van der Waals surface area contributed by atoms with Crippen LogP contribution in [0.4, 0.5) is 4.79 Å². The Bertz CT molecular complexity index is 720. The van der Waals surface area contributed by atoms with Crippen molar-refractivity contribution in [2.24, 2.45) is 0 Å². The zero-order valence-corrected chi connectivity index (χ0v) is 17.5. The third-order valence-electron chi connectivity index (χ3n) is 4.27. The summed E-state index contributed by atoms with van der Waals surface area (Å²) in [6.07, 6.45) is -0.960. The summed E-state index contributed by atoms with van der Waals surface area (Å²) in [6.45, 7) is 11.6. The maximum absolute atomic E-state index is 12.4. The average molecular weight is 398 g/mol. The molecule has 1 saturated heterocycles. The normalized spacial score (nSPS) is 20.5. The van der Waals surface area contributed by atoms with E-state index in [-0.39, 0.29) is 18.4 Å². The predicted octanol–water partition coefficient (Wildman–Crippen LogP) is 4.48. The van der Waals surface area contributed by atoms with Gasteiger partial charge in [-0.25, -0.2) is 9.59 Å². The third-order valence-corrected chi connectivity index (χ3v) is 4.56. The number of carboxylic acids is 1. The second-order valence-electron chi connectivity index (χ2n) is 8.86. The molecule has 0 radical (unpaired) electrons. The lowest BCUT2D eigenvalue weighted by atomic mass is 9.87. The van der Waals surface area contributed by atoms with Crippen LogP contribution in [-0.4, -0.2) is 46.4 Å². The maximum Gasteiger partial charge on any atom is 0.411 e. The number of carbonyl (C=O) groups is 2. The summed E-state index contributed by atoms with van der Waals surface area (Å²) in [6, 6.07) is 4.59. The van der Waals surface area contributed by atoms with Crippen molar-refractivity contribution in [1.29, 1.82) is 0 Å². The number of ether oxygens (including phenoxy) is 2. The largest absolute Gasteiger partial charge is 0.487 e. The molecule has 1 heterocycles. The standard InChI is InChI=1S/C20H28ClNO5/c1-19(2,3)12-7-8-16(14(21)9-12)26-13-10-15(17(23)24)22(11-13)18(25)27-20(4,5)6/h7-9,13,15H,10-11H2,1-6H3,(H,23,24)/t13-,15+/m1/s1. The van der Waals surface area contributed by atoms with E-state index in [1.54, 1.807) is 26.8 Å². The lowest BCUT2D eigenvalue weighted by Crippen LogP contribution is -2.43. The average Bonchev–Trinajstić information content (AvgIpc) is 2.91. The fraction of sp³-hybridized carbons (Fsp3) is 0.600.